The third-order valence-electron chi connectivity index (χ3n) is 7.38. The minimum Gasteiger partial charge on any atom is -0.454 e. The third-order valence-corrected chi connectivity index (χ3v) is 7.38. The SMILES string of the molecule is CCCCCC1CCC(c2ccc(-c3cc(C)c(F)c(F)c3Oc3ccc(OC(F)(F)F)cc3)cc2)CC1. The molecule has 0 aliphatic heterocycles. The Hall–Kier alpha value is -3.09. The Kier molecular flexibility index (Phi) is 8.95. The number of alkyl halides is 3. The topological polar surface area (TPSA) is 18.5 Å². The van der Waals surface area contributed by atoms with Gasteiger partial charge in [0.2, 0.25) is 5.82 Å². The standard InChI is InChI=1S/C31H33F5O2/c1-3-4-5-6-21-7-9-22(10-8-21)23-11-13-24(14-12-23)27-19-20(2)28(32)29(33)30(27)37-25-15-17-26(18-16-25)38-31(34,35)36/h11-19,21-22H,3-10H2,1-2H3. The molecule has 0 heterocycles. The number of halogens is 5. The number of unbranched alkanes of at least 4 members (excludes halogenated alkanes) is 2. The van der Waals surface area contributed by atoms with Crippen molar-refractivity contribution in [3.8, 4) is 28.4 Å². The normalized spacial score (nSPS) is 17.9. The van der Waals surface area contributed by atoms with Crippen LogP contribution in [0.15, 0.2) is 54.6 Å². The van der Waals surface area contributed by atoms with Crippen molar-refractivity contribution in [2.75, 3.05) is 0 Å². The zero-order valence-electron chi connectivity index (χ0n) is 21.7. The van der Waals surface area contributed by atoms with E-state index in [1.807, 2.05) is 24.3 Å². The van der Waals surface area contributed by atoms with Gasteiger partial charge in [0, 0.05) is 5.56 Å². The molecule has 0 unspecified atom stereocenters. The smallest absolute Gasteiger partial charge is 0.454 e. The molecule has 38 heavy (non-hydrogen) atoms. The zero-order chi connectivity index (χ0) is 27.3. The Labute approximate surface area is 220 Å². The van der Waals surface area contributed by atoms with Gasteiger partial charge in [-0.2, -0.15) is 4.39 Å². The molecule has 0 aromatic heterocycles. The molecule has 0 saturated heterocycles. The molecule has 204 valence electrons. The van der Waals surface area contributed by atoms with Crippen molar-refractivity contribution in [3.63, 3.8) is 0 Å². The van der Waals surface area contributed by atoms with Gasteiger partial charge in [-0.1, -0.05) is 56.9 Å². The van der Waals surface area contributed by atoms with Crippen LogP contribution >= 0.6 is 0 Å². The lowest BCUT2D eigenvalue weighted by Gasteiger charge is -2.29. The molecule has 0 radical (unpaired) electrons. The van der Waals surface area contributed by atoms with E-state index in [1.54, 1.807) is 0 Å². The van der Waals surface area contributed by atoms with E-state index in [1.165, 1.54) is 69.2 Å². The van der Waals surface area contributed by atoms with Crippen LogP contribution in [0.25, 0.3) is 11.1 Å². The summed E-state index contributed by atoms with van der Waals surface area (Å²) in [5.74, 6) is -1.59. The van der Waals surface area contributed by atoms with Crippen LogP contribution < -0.4 is 9.47 Å². The fraction of sp³-hybridized carbons (Fsp3) is 0.419. The predicted octanol–water partition coefficient (Wildman–Crippen LogP) is 10.5. The first-order valence-electron chi connectivity index (χ1n) is 13.3. The quantitative estimate of drug-likeness (QED) is 0.202. The summed E-state index contributed by atoms with van der Waals surface area (Å²) in [5, 5.41) is 0. The number of aryl methyl sites for hydroxylation is 1. The van der Waals surface area contributed by atoms with Crippen molar-refractivity contribution in [3.05, 3.63) is 77.4 Å². The van der Waals surface area contributed by atoms with Crippen LogP contribution in [0, 0.1) is 24.5 Å². The van der Waals surface area contributed by atoms with Crippen molar-refractivity contribution in [1.82, 2.24) is 0 Å². The second kappa shape index (κ2) is 12.2. The Morgan fingerprint density at radius 2 is 1.45 bits per heavy atom. The fourth-order valence-corrected chi connectivity index (χ4v) is 5.28. The molecule has 0 spiro atoms. The maximum atomic E-state index is 15.0. The minimum absolute atomic E-state index is 0.0512. The Balaban J connectivity index is 1.51. The van der Waals surface area contributed by atoms with Crippen molar-refractivity contribution < 1.29 is 31.4 Å². The second-order valence-corrected chi connectivity index (χ2v) is 10.2. The summed E-state index contributed by atoms with van der Waals surface area (Å²) < 4.78 is 76.4. The maximum absolute atomic E-state index is 15.0. The van der Waals surface area contributed by atoms with Crippen LogP contribution in [0.4, 0.5) is 22.0 Å². The second-order valence-electron chi connectivity index (χ2n) is 10.2. The average molecular weight is 533 g/mol. The van der Waals surface area contributed by atoms with Crippen LogP contribution in [0.1, 0.15) is 75.3 Å². The highest BCUT2D eigenvalue weighted by molar-refractivity contribution is 5.72. The molecule has 0 N–H and O–H groups in total. The lowest BCUT2D eigenvalue weighted by atomic mass is 9.77. The van der Waals surface area contributed by atoms with E-state index in [-0.39, 0.29) is 17.1 Å². The monoisotopic (exact) mass is 532 g/mol. The number of benzene rings is 3. The number of hydrogen-bond donors (Lipinski definition) is 0. The van der Waals surface area contributed by atoms with E-state index in [2.05, 4.69) is 11.7 Å². The van der Waals surface area contributed by atoms with Gasteiger partial charge in [0.25, 0.3) is 0 Å². The first kappa shape index (κ1) is 27.9. The third kappa shape index (κ3) is 7.06. The maximum Gasteiger partial charge on any atom is 0.573 e. The van der Waals surface area contributed by atoms with E-state index in [0.717, 1.165) is 30.9 Å². The van der Waals surface area contributed by atoms with Gasteiger partial charge in [0.1, 0.15) is 11.5 Å². The molecule has 0 amide bonds. The van der Waals surface area contributed by atoms with Crippen LogP contribution in [-0.2, 0) is 0 Å². The van der Waals surface area contributed by atoms with E-state index in [4.69, 9.17) is 4.74 Å². The summed E-state index contributed by atoms with van der Waals surface area (Å²) in [7, 11) is 0. The summed E-state index contributed by atoms with van der Waals surface area (Å²) in [4.78, 5) is 0. The highest BCUT2D eigenvalue weighted by atomic mass is 19.4. The van der Waals surface area contributed by atoms with Crippen LogP contribution in [0.5, 0.6) is 17.2 Å². The molecule has 3 aromatic rings. The predicted molar refractivity (Wildman–Crippen MR) is 139 cm³/mol. The lowest BCUT2D eigenvalue weighted by molar-refractivity contribution is -0.274. The van der Waals surface area contributed by atoms with Crippen LogP contribution in [0.2, 0.25) is 0 Å². The molecule has 1 saturated carbocycles. The van der Waals surface area contributed by atoms with Crippen LogP contribution in [0.3, 0.4) is 0 Å². The fourth-order valence-electron chi connectivity index (χ4n) is 5.28. The van der Waals surface area contributed by atoms with Gasteiger partial charge in [-0.15, -0.1) is 13.2 Å². The highest BCUT2D eigenvalue weighted by Gasteiger charge is 2.31. The zero-order valence-corrected chi connectivity index (χ0v) is 21.7. The highest BCUT2D eigenvalue weighted by Crippen LogP contribution is 2.41. The Morgan fingerprint density at radius 3 is 2.05 bits per heavy atom. The van der Waals surface area contributed by atoms with E-state index in [9.17, 15) is 17.6 Å². The molecule has 0 bridgehead atoms. The summed E-state index contributed by atoms with van der Waals surface area (Å²) in [6, 6.07) is 13.9. The first-order valence-corrected chi connectivity index (χ1v) is 13.3. The van der Waals surface area contributed by atoms with Crippen LogP contribution in [-0.4, -0.2) is 6.36 Å². The van der Waals surface area contributed by atoms with Crippen molar-refractivity contribution in [2.24, 2.45) is 5.92 Å². The molecule has 0 atom stereocenters. The Bertz CT molecular complexity index is 1190. The largest absolute Gasteiger partial charge is 0.573 e. The summed E-state index contributed by atoms with van der Waals surface area (Å²) >= 11 is 0. The van der Waals surface area contributed by atoms with Crippen molar-refractivity contribution >= 4 is 0 Å². The Morgan fingerprint density at radius 1 is 0.816 bits per heavy atom. The summed E-state index contributed by atoms with van der Waals surface area (Å²) in [6.45, 7) is 3.70. The molecular weight excluding hydrogens is 499 g/mol. The van der Waals surface area contributed by atoms with Gasteiger partial charge in [0.05, 0.1) is 0 Å². The minimum atomic E-state index is -4.83. The van der Waals surface area contributed by atoms with E-state index >= 15 is 4.39 Å². The molecular formula is C31H33F5O2. The van der Waals surface area contributed by atoms with Crippen molar-refractivity contribution in [2.45, 2.75) is 77.5 Å². The van der Waals surface area contributed by atoms with Gasteiger partial charge in [-0.25, -0.2) is 4.39 Å². The van der Waals surface area contributed by atoms with Crippen molar-refractivity contribution in [1.29, 1.82) is 0 Å². The van der Waals surface area contributed by atoms with Gasteiger partial charge in [0.15, 0.2) is 11.6 Å². The molecule has 3 aromatic carbocycles. The molecule has 1 aliphatic rings. The van der Waals surface area contributed by atoms with E-state index < -0.39 is 23.7 Å². The number of rotatable bonds is 9. The van der Waals surface area contributed by atoms with Gasteiger partial charge in [-0.05, 0) is 91.5 Å². The van der Waals surface area contributed by atoms with Gasteiger partial charge >= 0.3 is 6.36 Å². The molecule has 1 fully saturated rings. The summed E-state index contributed by atoms with van der Waals surface area (Å²) in [6.07, 6.45) is 5.13. The van der Waals surface area contributed by atoms with E-state index in [0.29, 0.717) is 17.0 Å². The number of hydrogen-bond acceptors (Lipinski definition) is 2. The molecule has 7 heteroatoms. The molecule has 4 rings (SSSR count). The molecule has 1 aliphatic carbocycles. The average Bonchev–Trinajstić information content (AvgIpc) is 2.90. The molecule has 2 nitrogen and oxygen atoms in total. The number of ether oxygens (including phenoxy) is 2. The van der Waals surface area contributed by atoms with Gasteiger partial charge in [-0.3, -0.25) is 0 Å². The first-order chi connectivity index (χ1) is 18.1. The van der Waals surface area contributed by atoms with Gasteiger partial charge < -0.3 is 9.47 Å². The lowest BCUT2D eigenvalue weighted by Crippen LogP contribution is -2.16. The summed E-state index contributed by atoms with van der Waals surface area (Å²) in [5.41, 5.74) is 2.39.